The number of hydrogen-bond acceptors (Lipinski definition) is 1. The summed E-state index contributed by atoms with van der Waals surface area (Å²) in [7, 11) is 0. The van der Waals surface area contributed by atoms with E-state index >= 15 is 0 Å². The Balaban J connectivity index is 1.69. The molecular formula is C20H21Cl2NO. The molecule has 3 rings (SSSR count). The van der Waals surface area contributed by atoms with E-state index in [9.17, 15) is 4.79 Å². The van der Waals surface area contributed by atoms with Crippen molar-refractivity contribution in [3.05, 3.63) is 69.2 Å². The van der Waals surface area contributed by atoms with Crippen LogP contribution in [-0.4, -0.2) is 17.4 Å². The van der Waals surface area contributed by atoms with Gasteiger partial charge >= 0.3 is 0 Å². The van der Waals surface area contributed by atoms with Crippen molar-refractivity contribution in [3.63, 3.8) is 0 Å². The molecule has 0 aromatic heterocycles. The largest absolute Gasteiger partial charge is 0.336 e. The Morgan fingerprint density at radius 3 is 2.75 bits per heavy atom. The molecule has 0 radical (unpaired) electrons. The summed E-state index contributed by atoms with van der Waals surface area (Å²) in [5.41, 5.74) is 3.50. The number of rotatable bonds is 4. The average Bonchev–Trinajstić information content (AvgIpc) is 3.03. The molecule has 24 heavy (non-hydrogen) atoms. The van der Waals surface area contributed by atoms with Crippen molar-refractivity contribution in [2.45, 2.75) is 38.6 Å². The summed E-state index contributed by atoms with van der Waals surface area (Å²) in [5.74, 6) is 0.201. The molecule has 1 saturated heterocycles. The lowest BCUT2D eigenvalue weighted by Gasteiger charge is -2.26. The van der Waals surface area contributed by atoms with Gasteiger partial charge in [0.25, 0.3) is 0 Å². The van der Waals surface area contributed by atoms with Crippen LogP contribution in [0.5, 0.6) is 0 Å². The summed E-state index contributed by atoms with van der Waals surface area (Å²) < 4.78 is 0. The number of carbonyl (C=O) groups excluding carboxylic acids is 1. The van der Waals surface area contributed by atoms with Crippen molar-refractivity contribution < 1.29 is 4.79 Å². The molecule has 126 valence electrons. The second-order valence-corrected chi connectivity index (χ2v) is 7.18. The third-order valence-corrected chi connectivity index (χ3v) is 5.33. The first kappa shape index (κ1) is 17.3. The maximum atomic E-state index is 12.7. The number of amides is 1. The highest BCUT2D eigenvalue weighted by Gasteiger charge is 2.30. The Morgan fingerprint density at radius 2 is 2.00 bits per heavy atom. The van der Waals surface area contributed by atoms with E-state index in [0.717, 1.165) is 24.9 Å². The number of halogens is 2. The van der Waals surface area contributed by atoms with Gasteiger partial charge in [-0.1, -0.05) is 53.5 Å². The van der Waals surface area contributed by atoms with Gasteiger partial charge in [-0.25, -0.2) is 0 Å². The fourth-order valence-corrected chi connectivity index (χ4v) is 3.96. The van der Waals surface area contributed by atoms with Gasteiger partial charge in [-0.2, -0.15) is 0 Å². The third-order valence-electron chi connectivity index (χ3n) is 4.74. The van der Waals surface area contributed by atoms with E-state index in [4.69, 9.17) is 23.2 Å². The molecule has 0 spiro atoms. The molecule has 1 heterocycles. The molecule has 0 saturated carbocycles. The highest BCUT2D eigenvalue weighted by atomic mass is 35.5. The number of hydrogen-bond donors (Lipinski definition) is 0. The van der Waals surface area contributed by atoms with Gasteiger partial charge in [0.05, 0.1) is 6.04 Å². The Hall–Kier alpha value is -1.51. The summed E-state index contributed by atoms with van der Waals surface area (Å²) in [5, 5.41) is 1.25. The first-order chi connectivity index (χ1) is 11.6. The predicted octanol–water partition coefficient (Wildman–Crippen LogP) is 5.60. The topological polar surface area (TPSA) is 20.3 Å². The van der Waals surface area contributed by atoms with Gasteiger partial charge in [-0.15, -0.1) is 0 Å². The minimum Gasteiger partial charge on any atom is -0.336 e. The number of nitrogens with zero attached hydrogens (tertiary/aromatic N) is 1. The zero-order valence-electron chi connectivity index (χ0n) is 13.8. The normalized spacial score (nSPS) is 17.3. The number of benzene rings is 2. The van der Waals surface area contributed by atoms with E-state index in [0.29, 0.717) is 22.9 Å². The zero-order chi connectivity index (χ0) is 17.1. The minimum atomic E-state index is 0.201. The second kappa shape index (κ2) is 7.58. The lowest BCUT2D eigenvalue weighted by Crippen LogP contribution is -2.31. The molecule has 1 aliphatic heterocycles. The molecule has 2 nitrogen and oxygen atoms in total. The number of carbonyl (C=O) groups is 1. The molecule has 0 bridgehead atoms. The van der Waals surface area contributed by atoms with Gasteiger partial charge in [0.15, 0.2) is 0 Å². The summed E-state index contributed by atoms with van der Waals surface area (Å²) in [6.07, 6.45) is 3.22. The quantitative estimate of drug-likeness (QED) is 0.693. The molecule has 4 heteroatoms. The van der Waals surface area contributed by atoms with Crippen molar-refractivity contribution in [2.75, 3.05) is 6.54 Å². The minimum absolute atomic E-state index is 0.201. The van der Waals surface area contributed by atoms with E-state index in [1.807, 2.05) is 23.1 Å². The van der Waals surface area contributed by atoms with Crippen LogP contribution in [-0.2, 0) is 11.2 Å². The van der Waals surface area contributed by atoms with Crippen LogP contribution in [0, 0.1) is 6.92 Å². The molecule has 0 N–H and O–H groups in total. The zero-order valence-corrected chi connectivity index (χ0v) is 15.3. The van der Waals surface area contributed by atoms with E-state index < -0.39 is 0 Å². The first-order valence-electron chi connectivity index (χ1n) is 8.35. The average molecular weight is 362 g/mol. The van der Waals surface area contributed by atoms with Gasteiger partial charge in [0, 0.05) is 23.0 Å². The van der Waals surface area contributed by atoms with Crippen LogP contribution in [0.4, 0.5) is 0 Å². The lowest BCUT2D eigenvalue weighted by atomic mass is 9.99. The Labute approximate surface area is 153 Å². The highest BCUT2D eigenvalue weighted by Crippen LogP contribution is 2.34. The fraction of sp³-hybridized carbons (Fsp3) is 0.350. The molecule has 1 unspecified atom stereocenters. The first-order valence-corrected chi connectivity index (χ1v) is 9.11. The summed E-state index contributed by atoms with van der Waals surface area (Å²) in [6.45, 7) is 2.95. The van der Waals surface area contributed by atoms with Crippen LogP contribution in [0.2, 0.25) is 10.0 Å². The summed E-state index contributed by atoms with van der Waals surface area (Å²) in [6, 6.07) is 14.0. The van der Waals surface area contributed by atoms with Crippen molar-refractivity contribution in [2.24, 2.45) is 0 Å². The van der Waals surface area contributed by atoms with Crippen LogP contribution in [0.25, 0.3) is 0 Å². The maximum absolute atomic E-state index is 12.7. The molecule has 1 aliphatic rings. The molecule has 2 aromatic rings. The molecule has 2 aromatic carbocycles. The van der Waals surface area contributed by atoms with Crippen LogP contribution in [0.15, 0.2) is 42.5 Å². The number of likely N-dealkylation sites (tertiary alicyclic amines) is 1. The Morgan fingerprint density at radius 1 is 1.21 bits per heavy atom. The molecule has 1 amide bonds. The van der Waals surface area contributed by atoms with Crippen molar-refractivity contribution >= 4 is 29.1 Å². The van der Waals surface area contributed by atoms with Crippen LogP contribution in [0.1, 0.15) is 42.0 Å². The van der Waals surface area contributed by atoms with E-state index in [-0.39, 0.29) is 11.9 Å². The summed E-state index contributed by atoms with van der Waals surface area (Å²) in [4.78, 5) is 14.8. The molecule has 1 atom stereocenters. The Bertz CT molecular complexity index is 744. The van der Waals surface area contributed by atoms with E-state index in [2.05, 4.69) is 25.1 Å². The fourth-order valence-electron chi connectivity index (χ4n) is 3.46. The van der Waals surface area contributed by atoms with Crippen molar-refractivity contribution in [1.82, 2.24) is 4.90 Å². The second-order valence-electron chi connectivity index (χ2n) is 6.34. The maximum Gasteiger partial charge on any atom is 0.223 e. The van der Waals surface area contributed by atoms with E-state index in [1.54, 1.807) is 6.07 Å². The van der Waals surface area contributed by atoms with Crippen LogP contribution in [0.3, 0.4) is 0 Å². The molecule has 1 fully saturated rings. The van der Waals surface area contributed by atoms with Crippen molar-refractivity contribution in [1.29, 1.82) is 0 Å². The smallest absolute Gasteiger partial charge is 0.223 e. The highest BCUT2D eigenvalue weighted by molar-refractivity contribution is 6.35. The Kier molecular flexibility index (Phi) is 5.47. The predicted molar refractivity (Wildman–Crippen MR) is 99.7 cm³/mol. The molecular weight excluding hydrogens is 341 g/mol. The third kappa shape index (κ3) is 3.76. The van der Waals surface area contributed by atoms with Gasteiger partial charge in [0.2, 0.25) is 5.91 Å². The van der Waals surface area contributed by atoms with Gasteiger partial charge in [-0.3, -0.25) is 4.79 Å². The lowest BCUT2D eigenvalue weighted by molar-refractivity contribution is -0.132. The number of aryl methyl sites for hydroxylation is 2. The standard InChI is InChI=1S/C20H21Cl2NO/c1-14-5-2-3-6-17(14)19-7-4-12-23(19)20(24)11-9-15-8-10-16(21)13-18(15)22/h2-3,5-6,8,10,13,19H,4,7,9,11-12H2,1H3. The van der Waals surface area contributed by atoms with Crippen LogP contribution < -0.4 is 0 Å². The summed E-state index contributed by atoms with van der Waals surface area (Å²) >= 11 is 12.1. The van der Waals surface area contributed by atoms with Gasteiger partial charge < -0.3 is 4.90 Å². The van der Waals surface area contributed by atoms with Crippen LogP contribution >= 0.6 is 23.2 Å². The SMILES string of the molecule is Cc1ccccc1C1CCCN1C(=O)CCc1ccc(Cl)cc1Cl. The monoisotopic (exact) mass is 361 g/mol. The molecule has 0 aliphatic carbocycles. The van der Waals surface area contributed by atoms with Gasteiger partial charge in [0.1, 0.15) is 0 Å². The van der Waals surface area contributed by atoms with E-state index in [1.165, 1.54) is 11.1 Å². The van der Waals surface area contributed by atoms with Gasteiger partial charge in [-0.05, 0) is 55.0 Å². The van der Waals surface area contributed by atoms with Crippen molar-refractivity contribution in [3.8, 4) is 0 Å².